The van der Waals surface area contributed by atoms with E-state index in [4.69, 9.17) is 11.5 Å². The summed E-state index contributed by atoms with van der Waals surface area (Å²) in [6.45, 7) is 10.8. The van der Waals surface area contributed by atoms with Gasteiger partial charge in [-0.3, -0.25) is 14.4 Å². The number of rotatable bonds is 7. The molecule has 9 heteroatoms. The molecule has 1 aliphatic heterocycles. The predicted molar refractivity (Wildman–Crippen MR) is 170 cm³/mol. The Balaban J connectivity index is 1.56. The Morgan fingerprint density at radius 2 is 1.71 bits per heavy atom. The van der Waals surface area contributed by atoms with E-state index in [2.05, 4.69) is 41.7 Å². The van der Waals surface area contributed by atoms with Crippen LogP contribution < -0.4 is 27.4 Å². The molecule has 0 spiro atoms. The first-order valence-electron chi connectivity index (χ1n) is 13.9. The molecule has 7 N–H and O–H groups in total. The monoisotopic (exact) mass is 566 g/mol. The third-order valence-electron chi connectivity index (χ3n) is 7.15. The zero-order valence-corrected chi connectivity index (χ0v) is 24.7. The zero-order chi connectivity index (χ0) is 30.6. The number of hydrogen-bond acceptors (Lipinski definition) is 7. The fraction of sp³-hybridized carbons (Fsp3) is 0.273. The van der Waals surface area contributed by atoms with E-state index in [1.165, 1.54) is 0 Å². The lowest BCUT2D eigenvalue weighted by Gasteiger charge is -2.21. The standard InChI is InChI=1S/C33H38N6O3/c1-19-17-28(38-30(29(19)40)37-23-13-14-25(26(35)18-23)32(42)36-16-15-34)24-7-6-8-27(20(24)2)39-31(41)21-9-11-22(12-10-21)33(3,4)5/h6-14,17-19H,15-16,34-35H2,1-5H3,(H,36,42)(H,37,38)(H,39,41). The molecule has 1 heterocycles. The summed E-state index contributed by atoms with van der Waals surface area (Å²) < 4.78 is 0. The fourth-order valence-electron chi connectivity index (χ4n) is 4.61. The zero-order valence-electron chi connectivity index (χ0n) is 24.7. The maximum Gasteiger partial charge on any atom is 0.255 e. The summed E-state index contributed by atoms with van der Waals surface area (Å²) in [4.78, 5) is 43.0. The summed E-state index contributed by atoms with van der Waals surface area (Å²) >= 11 is 0. The number of nitrogens with one attached hydrogen (secondary N) is 3. The SMILES string of the molecule is Cc1c(NC(=O)c2ccc(C(C)(C)C)cc2)cccc1C1=CC(C)C(=O)C(Nc2ccc(C(=O)NCCN)c(N)c2)=N1. The van der Waals surface area contributed by atoms with Crippen LogP contribution in [0.2, 0.25) is 0 Å². The molecule has 3 aromatic carbocycles. The van der Waals surface area contributed by atoms with Gasteiger partial charge in [-0.25, -0.2) is 4.99 Å². The number of nitrogen functional groups attached to an aromatic ring is 1. The van der Waals surface area contributed by atoms with Crippen molar-refractivity contribution in [3.63, 3.8) is 0 Å². The van der Waals surface area contributed by atoms with Crippen LogP contribution in [0.3, 0.4) is 0 Å². The van der Waals surface area contributed by atoms with Crippen LogP contribution in [-0.4, -0.2) is 36.5 Å². The van der Waals surface area contributed by atoms with E-state index in [9.17, 15) is 14.4 Å². The lowest BCUT2D eigenvalue weighted by Crippen LogP contribution is -2.31. The molecule has 0 aromatic heterocycles. The van der Waals surface area contributed by atoms with Gasteiger partial charge in [-0.05, 0) is 65.9 Å². The maximum absolute atomic E-state index is 13.1. The van der Waals surface area contributed by atoms with Crippen molar-refractivity contribution in [3.8, 4) is 0 Å². The van der Waals surface area contributed by atoms with Crippen molar-refractivity contribution >= 4 is 46.2 Å². The topological polar surface area (TPSA) is 152 Å². The number of allylic oxidation sites excluding steroid dienone is 1. The molecule has 0 saturated carbocycles. The smallest absolute Gasteiger partial charge is 0.255 e. The molecule has 1 atom stereocenters. The molecule has 42 heavy (non-hydrogen) atoms. The number of amidine groups is 1. The first-order chi connectivity index (χ1) is 19.9. The first kappa shape index (κ1) is 30.2. The van der Waals surface area contributed by atoms with E-state index in [0.717, 1.165) is 16.7 Å². The Hall–Kier alpha value is -4.76. The van der Waals surface area contributed by atoms with Crippen LogP contribution in [0.5, 0.6) is 0 Å². The Morgan fingerprint density at radius 1 is 1.00 bits per heavy atom. The summed E-state index contributed by atoms with van der Waals surface area (Å²) in [5.41, 5.74) is 17.3. The normalized spacial score (nSPS) is 15.0. The van der Waals surface area contributed by atoms with Crippen LogP contribution >= 0.6 is 0 Å². The number of nitrogens with two attached hydrogens (primary N) is 2. The van der Waals surface area contributed by atoms with Crippen LogP contribution in [0, 0.1) is 12.8 Å². The number of benzene rings is 3. The number of aliphatic imine (C=N–C) groups is 1. The van der Waals surface area contributed by atoms with Crippen molar-refractivity contribution in [2.24, 2.45) is 16.6 Å². The first-order valence-corrected chi connectivity index (χ1v) is 13.9. The molecule has 0 fully saturated rings. The van der Waals surface area contributed by atoms with E-state index < -0.39 is 5.92 Å². The Labute approximate surface area is 246 Å². The van der Waals surface area contributed by atoms with Crippen molar-refractivity contribution in [2.45, 2.75) is 40.0 Å². The molecule has 2 amide bonds. The van der Waals surface area contributed by atoms with Gasteiger partial charge >= 0.3 is 0 Å². The number of Topliss-reactive ketones (excluding diaryl/α,β-unsaturated/α-hetero) is 1. The molecule has 0 aliphatic carbocycles. The van der Waals surface area contributed by atoms with Crippen LogP contribution in [-0.2, 0) is 10.2 Å². The molecule has 1 unspecified atom stereocenters. The van der Waals surface area contributed by atoms with Crippen molar-refractivity contribution in [1.29, 1.82) is 0 Å². The highest BCUT2D eigenvalue weighted by atomic mass is 16.2. The largest absolute Gasteiger partial charge is 0.398 e. The predicted octanol–water partition coefficient (Wildman–Crippen LogP) is 4.89. The second-order valence-corrected chi connectivity index (χ2v) is 11.4. The summed E-state index contributed by atoms with van der Waals surface area (Å²) in [6, 6.07) is 18.1. The summed E-state index contributed by atoms with van der Waals surface area (Å²) in [7, 11) is 0. The van der Waals surface area contributed by atoms with E-state index in [-0.39, 0.29) is 34.5 Å². The van der Waals surface area contributed by atoms with Crippen LogP contribution in [0.1, 0.15) is 65.1 Å². The minimum atomic E-state index is -0.433. The van der Waals surface area contributed by atoms with Crippen molar-refractivity contribution in [3.05, 3.63) is 94.6 Å². The van der Waals surface area contributed by atoms with Gasteiger partial charge in [-0.1, -0.05) is 52.0 Å². The highest BCUT2D eigenvalue weighted by Crippen LogP contribution is 2.31. The minimum Gasteiger partial charge on any atom is -0.398 e. The molecule has 4 rings (SSSR count). The van der Waals surface area contributed by atoms with Gasteiger partial charge in [0.05, 0.1) is 11.3 Å². The van der Waals surface area contributed by atoms with Gasteiger partial charge in [0.25, 0.3) is 11.8 Å². The summed E-state index contributed by atoms with van der Waals surface area (Å²) in [6.07, 6.45) is 1.81. The molecular weight excluding hydrogens is 528 g/mol. The van der Waals surface area contributed by atoms with Gasteiger partial charge < -0.3 is 27.4 Å². The van der Waals surface area contributed by atoms with Crippen molar-refractivity contribution < 1.29 is 14.4 Å². The van der Waals surface area contributed by atoms with Crippen LogP contribution in [0.4, 0.5) is 17.1 Å². The number of amides is 2. The van der Waals surface area contributed by atoms with E-state index in [1.54, 1.807) is 25.1 Å². The molecule has 0 bridgehead atoms. The van der Waals surface area contributed by atoms with Crippen molar-refractivity contribution in [1.82, 2.24) is 5.32 Å². The van der Waals surface area contributed by atoms with Gasteiger partial charge in [-0.15, -0.1) is 0 Å². The van der Waals surface area contributed by atoms with Crippen LogP contribution in [0.15, 0.2) is 71.7 Å². The molecular formula is C33H38N6O3. The lowest BCUT2D eigenvalue weighted by molar-refractivity contribution is -0.114. The number of anilines is 3. The number of carbonyl (C=O) groups excluding carboxylic acids is 3. The highest BCUT2D eigenvalue weighted by Gasteiger charge is 2.25. The molecule has 1 aliphatic rings. The third kappa shape index (κ3) is 6.75. The number of carbonyl (C=O) groups is 3. The number of nitrogens with zero attached hydrogens (tertiary/aromatic N) is 1. The third-order valence-corrected chi connectivity index (χ3v) is 7.15. The molecule has 9 nitrogen and oxygen atoms in total. The number of ketones is 1. The Morgan fingerprint density at radius 3 is 2.36 bits per heavy atom. The van der Waals surface area contributed by atoms with Gasteiger partial charge in [-0.2, -0.15) is 0 Å². The van der Waals surface area contributed by atoms with Gasteiger partial charge in [0.2, 0.25) is 5.78 Å². The van der Waals surface area contributed by atoms with Gasteiger partial charge in [0.1, 0.15) is 0 Å². The minimum absolute atomic E-state index is 0.00257. The highest BCUT2D eigenvalue weighted by molar-refractivity contribution is 6.45. The lowest BCUT2D eigenvalue weighted by atomic mass is 9.86. The fourth-order valence-corrected chi connectivity index (χ4v) is 4.61. The summed E-state index contributed by atoms with van der Waals surface area (Å²) in [5, 5.41) is 8.78. The molecule has 0 radical (unpaired) electrons. The average Bonchev–Trinajstić information content (AvgIpc) is 2.95. The number of hydrogen-bond donors (Lipinski definition) is 5. The van der Waals surface area contributed by atoms with Crippen molar-refractivity contribution in [2.75, 3.05) is 29.5 Å². The second-order valence-electron chi connectivity index (χ2n) is 11.4. The van der Waals surface area contributed by atoms with Gasteiger partial charge in [0.15, 0.2) is 5.84 Å². The Kier molecular flexibility index (Phi) is 8.92. The molecule has 218 valence electrons. The van der Waals surface area contributed by atoms with Crippen LogP contribution in [0.25, 0.3) is 5.70 Å². The van der Waals surface area contributed by atoms with E-state index >= 15 is 0 Å². The second kappa shape index (κ2) is 12.4. The molecule has 0 saturated heterocycles. The maximum atomic E-state index is 13.1. The quantitative estimate of drug-likeness (QED) is 0.257. The molecule has 3 aromatic rings. The van der Waals surface area contributed by atoms with Gasteiger partial charge in [0, 0.05) is 47.2 Å². The Bertz CT molecular complexity index is 1580. The summed E-state index contributed by atoms with van der Waals surface area (Å²) in [5.74, 6) is -0.979. The average molecular weight is 567 g/mol. The van der Waals surface area contributed by atoms with E-state index in [0.29, 0.717) is 41.3 Å². The van der Waals surface area contributed by atoms with E-state index in [1.807, 2.05) is 55.5 Å².